The van der Waals surface area contributed by atoms with Gasteiger partial charge in [0.2, 0.25) is 0 Å². The van der Waals surface area contributed by atoms with Gasteiger partial charge in [0.25, 0.3) is 0 Å². The third-order valence-electron chi connectivity index (χ3n) is 5.17. The molecule has 2 aliphatic rings. The van der Waals surface area contributed by atoms with Crippen molar-refractivity contribution < 1.29 is 4.43 Å². The van der Waals surface area contributed by atoms with Crippen molar-refractivity contribution in [3.63, 3.8) is 0 Å². The van der Waals surface area contributed by atoms with Crippen molar-refractivity contribution in [1.82, 2.24) is 0 Å². The Morgan fingerprint density at radius 1 is 1.00 bits per heavy atom. The summed E-state index contributed by atoms with van der Waals surface area (Å²) in [6.07, 6.45) is 8.53. The molecule has 2 rings (SSSR count). The first-order chi connectivity index (χ1) is 8.29. The first kappa shape index (κ1) is 14.9. The van der Waals surface area contributed by atoms with E-state index in [1.165, 1.54) is 38.5 Å². The topological polar surface area (TPSA) is 9.23 Å². The molecule has 0 radical (unpaired) electrons. The summed E-state index contributed by atoms with van der Waals surface area (Å²) in [6.45, 7) is 11.8. The minimum Gasteiger partial charge on any atom is -0.405 e. The van der Waals surface area contributed by atoms with Gasteiger partial charge in [0, 0.05) is 5.25 Å². The van der Waals surface area contributed by atoms with Crippen LogP contribution in [0.1, 0.15) is 59.3 Å². The lowest BCUT2D eigenvalue weighted by Gasteiger charge is -2.44. The molecule has 3 heteroatoms. The predicted molar refractivity (Wildman–Crippen MR) is 84.6 cm³/mol. The van der Waals surface area contributed by atoms with Gasteiger partial charge in [-0.2, -0.15) is 0 Å². The van der Waals surface area contributed by atoms with E-state index in [-0.39, 0.29) is 0 Å². The molecule has 18 heavy (non-hydrogen) atoms. The maximum atomic E-state index is 6.59. The van der Waals surface area contributed by atoms with Crippen LogP contribution >= 0.6 is 11.8 Å². The molecule has 1 aliphatic carbocycles. The maximum absolute atomic E-state index is 6.59. The van der Waals surface area contributed by atoms with Crippen molar-refractivity contribution in [2.45, 2.75) is 88.1 Å². The lowest BCUT2D eigenvalue weighted by molar-refractivity contribution is 0.211. The molecule has 0 aromatic heterocycles. The summed E-state index contributed by atoms with van der Waals surface area (Å²) in [5.74, 6) is 1.00. The molecule has 1 aliphatic heterocycles. The second kappa shape index (κ2) is 5.49. The summed E-state index contributed by atoms with van der Waals surface area (Å²) in [5.41, 5.74) is 0.491. The Morgan fingerprint density at radius 3 is 2.33 bits per heavy atom. The minimum atomic E-state index is -1.57. The second-order valence-corrected chi connectivity index (χ2v) is 13.8. The highest BCUT2D eigenvalue weighted by molar-refractivity contribution is 8.00. The van der Waals surface area contributed by atoms with Crippen molar-refractivity contribution in [2.24, 2.45) is 5.92 Å². The van der Waals surface area contributed by atoms with Crippen LogP contribution in [-0.2, 0) is 4.43 Å². The fraction of sp³-hybridized carbons (Fsp3) is 1.00. The third kappa shape index (κ3) is 3.34. The SMILES string of the molecule is CC(C)(C)[Si](C)(C)O[C@@H]1CC[C@H]2CCCC[C@@H]2S1. The molecule has 2 fully saturated rings. The summed E-state index contributed by atoms with van der Waals surface area (Å²) in [5, 5.41) is 1.25. The van der Waals surface area contributed by atoms with Gasteiger partial charge in [-0.25, -0.2) is 0 Å². The van der Waals surface area contributed by atoms with Gasteiger partial charge in [0.1, 0.15) is 0 Å². The van der Waals surface area contributed by atoms with E-state index in [1.54, 1.807) is 0 Å². The zero-order valence-corrected chi connectivity index (χ0v) is 14.6. The summed E-state index contributed by atoms with van der Waals surface area (Å²) in [4.78, 5) is 0. The van der Waals surface area contributed by atoms with Crippen LogP contribution in [0.4, 0.5) is 0 Å². The van der Waals surface area contributed by atoms with Gasteiger partial charge in [-0.15, -0.1) is 11.8 Å². The standard InChI is InChI=1S/C15H30OSSi/c1-15(2,3)18(4,5)16-14-11-10-12-8-6-7-9-13(12)17-14/h12-14H,6-11H2,1-5H3/t12-,13+,14+/m1/s1. The quantitative estimate of drug-likeness (QED) is 0.627. The highest BCUT2D eigenvalue weighted by Crippen LogP contribution is 2.47. The van der Waals surface area contributed by atoms with Crippen LogP contribution in [-0.4, -0.2) is 19.0 Å². The zero-order chi connectivity index (χ0) is 13.4. The molecule has 0 N–H and O–H groups in total. The Balaban J connectivity index is 1.91. The molecule has 1 saturated carbocycles. The van der Waals surface area contributed by atoms with E-state index in [0.29, 0.717) is 10.5 Å². The van der Waals surface area contributed by atoms with Crippen molar-refractivity contribution in [3.05, 3.63) is 0 Å². The fourth-order valence-corrected chi connectivity index (χ4v) is 6.42. The van der Waals surface area contributed by atoms with Gasteiger partial charge in [-0.3, -0.25) is 0 Å². The highest BCUT2D eigenvalue weighted by Gasteiger charge is 2.41. The lowest BCUT2D eigenvalue weighted by atomic mass is 9.85. The molecule has 1 heterocycles. The summed E-state index contributed by atoms with van der Waals surface area (Å²) in [7, 11) is -1.57. The molecule has 0 aromatic carbocycles. The number of thioether (sulfide) groups is 1. The first-order valence-electron chi connectivity index (χ1n) is 7.63. The Labute approximate surface area is 119 Å². The predicted octanol–water partition coefficient (Wildman–Crippen LogP) is 5.42. The van der Waals surface area contributed by atoms with Gasteiger partial charge in [0.15, 0.2) is 8.32 Å². The average molecular weight is 287 g/mol. The zero-order valence-electron chi connectivity index (χ0n) is 12.8. The highest BCUT2D eigenvalue weighted by atomic mass is 32.2. The number of fused-ring (bicyclic) bond motifs is 1. The van der Waals surface area contributed by atoms with Crippen LogP contribution in [0.25, 0.3) is 0 Å². The van der Waals surface area contributed by atoms with E-state index in [1.807, 2.05) is 0 Å². The molecule has 0 unspecified atom stereocenters. The van der Waals surface area contributed by atoms with E-state index in [2.05, 4.69) is 45.6 Å². The molecule has 0 bridgehead atoms. The van der Waals surface area contributed by atoms with Crippen LogP contribution in [0, 0.1) is 5.92 Å². The van der Waals surface area contributed by atoms with Crippen molar-refractivity contribution >= 4 is 20.1 Å². The molecule has 1 nitrogen and oxygen atoms in total. The van der Waals surface area contributed by atoms with Crippen LogP contribution < -0.4 is 0 Å². The fourth-order valence-electron chi connectivity index (χ4n) is 2.89. The molecule has 1 saturated heterocycles. The Kier molecular flexibility index (Phi) is 4.55. The average Bonchev–Trinajstić information content (AvgIpc) is 2.27. The minimum absolute atomic E-state index is 0.344. The Morgan fingerprint density at radius 2 is 1.67 bits per heavy atom. The van der Waals surface area contributed by atoms with Crippen LogP contribution in [0.15, 0.2) is 0 Å². The third-order valence-corrected chi connectivity index (χ3v) is 11.4. The van der Waals surface area contributed by atoms with E-state index in [9.17, 15) is 0 Å². The second-order valence-electron chi connectivity index (χ2n) is 7.60. The largest absolute Gasteiger partial charge is 0.405 e. The van der Waals surface area contributed by atoms with E-state index in [4.69, 9.17) is 4.43 Å². The molecule has 0 aromatic rings. The van der Waals surface area contributed by atoms with Crippen LogP contribution in [0.3, 0.4) is 0 Å². The molecular formula is C15H30OSSi. The summed E-state index contributed by atoms with van der Waals surface area (Å²) in [6, 6.07) is 0. The van der Waals surface area contributed by atoms with Gasteiger partial charge < -0.3 is 4.43 Å². The van der Waals surface area contributed by atoms with Gasteiger partial charge in [0.05, 0.1) is 5.44 Å². The van der Waals surface area contributed by atoms with Crippen LogP contribution in [0.2, 0.25) is 18.1 Å². The first-order valence-corrected chi connectivity index (χ1v) is 11.5. The van der Waals surface area contributed by atoms with Crippen molar-refractivity contribution in [2.75, 3.05) is 0 Å². The molecule has 0 spiro atoms. The monoisotopic (exact) mass is 286 g/mol. The van der Waals surface area contributed by atoms with E-state index >= 15 is 0 Å². The Bertz CT molecular complexity index is 285. The van der Waals surface area contributed by atoms with E-state index in [0.717, 1.165) is 11.2 Å². The normalized spacial score (nSPS) is 34.2. The summed E-state index contributed by atoms with van der Waals surface area (Å²) >= 11 is 2.17. The number of hydrogen-bond donors (Lipinski definition) is 0. The Hall–Kier alpha value is 0.527. The molecular weight excluding hydrogens is 256 g/mol. The lowest BCUT2D eigenvalue weighted by Crippen LogP contribution is -2.45. The van der Waals surface area contributed by atoms with Crippen LogP contribution in [0.5, 0.6) is 0 Å². The number of hydrogen-bond acceptors (Lipinski definition) is 2. The molecule has 3 atom stereocenters. The smallest absolute Gasteiger partial charge is 0.193 e. The number of rotatable bonds is 2. The summed E-state index contributed by atoms with van der Waals surface area (Å²) < 4.78 is 6.59. The van der Waals surface area contributed by atoms with E-state index < -0.39 is 8.32 Å². The molecule has 0 amide bonds. The molecule has 106 valence electrons. The van der Waals surface area contributed by atoms with Gasteiger partial charge in [-0.1, -0.05) is 33.6 Å². The van der Waals surface area contributed by atoms with Crippen molar-refractivity contribution in [3.8, 4) is 0 Å². The van der Waals surface area contributed by atoms with Crippen molar-refractivity contribution in [1.29, 1.82) is 0 Å². The van der Waals surface area contributed by atoms with Gasteiger partial charge >= 0.3 is 0 Å². The van der Waals surface area contributed by atoms with Gasteiger partial charge in [-0.05, 0) is 49.7 Å². The maximum Gasteiger partial charge on any atom is 0.193 e.